The molecule has 0 aromatic heterocycles. The van der Waals surface area contributed by atoms with E-state index in [1.54, 1.807) is 18.2 Å². The summed E-state index contributed by atoms with van der Waals surface area (Å²) in [6.45, 7) is 0. The van der Waals surface area contributed by atoms with Crippen molar-refractivity contribution < 1.29 is 0 Å². The van der Waals surface area contributed by atoms with E-state index < -0.39 is 0 Å². The maximum atomic E-state index is 5.71. The zero-order valence-electron chi connectivity index (χ0n) is 5.37. The van der Waals surface area contributed by atoms with E-state index in [1.165, 1.54) is 0 Å². The summed E-state index contributed by atoms with van der Waals surface area (Å²) in [6, 6.07) is 5.10. The lowest BCUT2D eigenvalue weighted by atomic mass is 10.3. The molecule has 2 N–H and O–H groups in total. The van der Waals surface area contributed by atoms with E-state index >= 15 is 0 Å². The molecule has 11 heavy (non-hydrogen) atoms. The average molecular weight is 211 g/mol. The summed E-state index contributed by atoms with van der Waals surface area (Å²) in [5, 5.41) is 1.01. The summed E-state index contributed by atoms with van der Waals surface area (Å²) in [7, 11) is 0. The summed E-state index contributed by atoms with van der Waals surface area (Å²) in [5.41, 5.74) is 3.41. The van der Waals surface area contributed by atoms with Gasteiger partial charge in [-0.05, 0) is 30.0 Å². The summed E-state index contributed by atoms with van der Waals surface area (Å²) in [4.78, 5) is 2.25. The third kappa shape index (κ3) is 2.42. The van der Waals surface area contributed by atoms with Gasteiger partial charge in [-0.2, -0.15) is 0 Å². The Labute approximate surface area is 79.5 Å². The van der Waals surface area contributed by atoms with Gasteiger partial charge in [0.25, 0.3) is 0 Å². The number of benzene rings is 1. The Kier molecular flexibility index (Phi) is 3.27. The monoisotopic (exact) mass is 210 g/mol. The molecule has 0 aliphatic heterocycles. The van der Waals surface area contributed by atoms with Crippen molar-refractivity contribution in [3.8, 4) is 0 Å². The Morgan fingerprint density at radius 1 is 1.09 bits per heavy atom. The fraction of sp³-hybridized carbons (Fsp3) is 0. The molecule has 0 amide bonds. The van der Waals surface area contributed by atoms with E-state index in [0.29, 0.717) is 10.0 Å². The highest BCUT2D eigenvalue weighted by Gasteiger charge is 1.97. The molecular weight excluding hydrogens is 206 g/mol. The second-order valence-electron chi connectivity index (χ2n) is 1.85. The number of rotatable bonds is 2. The molecule has 0 saturated carbocycles. The first kappa shape index (κ1) is 8.94. The van der Waals surface area contributed by atoms with Gasteiger partial charge in [-0.15, -0.1) is 4.94 Å². The van der Waals surface area contributed by atoms with Crippen molar-refractivity contribution in [2.45, 2.75) is 0 Å². The van der Waals surface area contributed by atoms with E-state index in [0.717, 1.165) is 5.69 Å². The molecule has 0 saturated heterocycles. The van der Waals surface area contributed by atoms with Crippen molar-refractivity contribution in [1.82, 2.24) is 4.94 Å². The zero-order valence-corrected chi connectivity index (χ0v) is 7.63. The lowest BCUT2D eigenvalue weighted by Crippen LogP contribution is -2.08. The fourth-order valence-electron chi connectivity index (χ4n) is 0.628. The summed E-state index contributed by atoms with van der Waals surface area (Å²) < 4.78 is 0. The Hall–Kier alpha value is -0.150. The molecule has 5 heteroatoms. The molecule has 0 aliphatic carbocycles. The van der Waals surface area contributed by atoms with Crippen LogP contribution in [0.4, 0.5) is 5.69 Å². The van der Waals surface area contributed by atoms with Crippen LogP contribution in [0.15, 0.2) is 18.2 Å². The van der Waals surface area contributed by atoms with Gasteiger partial charge in [-0.25, -0.2) is 0 Å². The quantitative estimate of drug-likeness (QED) is 0.580. The molecule has 0 spiro atoms. The third-order valence-corrected chi connectivity index (χ3v) is 1.94. The molecule has 0 radical (unpaired) electrons. The molecule has 0 bridgehead atoms. The SMILES string of the molecule is ClNNc1ccc(Cl)c(Cl)c1. The summed E-state index contributed by atoms with van der Waals surface area (Å²) in [6.07, 6.45) is 0. The van der Waals surface area contributed by atoms with E-state index in [9.17, 15) is 0 Å². The van der Waals surface area contributed by atoms with E-state index in [1.807, 2.05) is 0 Å². The number of anilines is 1. The zero-order chi connectivity index (χ0) is 8.27. The van der Waals surface area contributed by atoms with Gasteiger partial charge in [-0.1, -0.05) is 23.2 Å². The average Bonchev–Trinajstić information content (AvgIpc) is 1.98. The van der Waals surface area contributed by atoms with Gasteiger partial charge in [0.1, 0.15) is 0 Å². The standard InChI is InChI=1S/C6H5Cl3N2/c7-5-2-1-4(10-11-9)3-6(5)8/h1-3,10-11H. The first-order valence-corrected chi connectivity index (χ1v) is 3.94. The van der Waals surface area contributed by atoms with Gasteiger partial charge >= 0.3 is 0 Å². The second kappa shape index (κ2) is 4.02. The van der Waals surface area contributed by atoms with Gasteiger partial charge in [0.2, 0.25) is 0 Å². The van der Waals surface area contributed by atoms with Crippen LogP contribution < -0.4 is 10.4 Å². The van der Waals surface area contributed by atoms with E-state index in [4.69, 9.17) is 35.0 Å². The van der Waals surface area contributed by atoms with Gasteiger partial charge in [0, 0.05) is 0 Å². The fourth-order valence-corrected chi connectivity index (χ4v) is 1.04. The number of halogens is 3. The topological polar surface area (TPSA) is 24.1 Å². The van der Waals surface area contributed by atoms with Crippen LogP contribution in [0.25, 0.3) is 0 Å². The van der Waals surface area contributed by atoms with Crippen LogP contribution in [0.2, 0.25) is 10.0 Å². The Morgan fingerprint density at radius 3 is 2.36 bits per heavy atom. The van der Waals surface area contributed by atoms with Crippen LogP contribution in [-0.4, -0.2) is 0 Å². The van der Waals surface area contributed by atoms with Gasteiger partial charge < -0.3 is 5.43 Å². The smallest absolute Gasteiger partial charge is 0.0613 e. The molecule has 0 aliphatic rings. The Morgan fingerprint density at radius 2 is 1.82 bits per heavy atom. The summed E-state index contributed by atoms with van der Waals surface area (Å²) in [5.74, 6) is 0. The molecule has 0 fully saturated rings. The predicted octanol–water partition coefficient (Wildman–Crippen LogP) is 3.06. The lowest BCUT2D eigenvalue weighted by Gasteiger charge is -2.02. The number of hydrogen-bond acceptors (Lipinski definition) is 2. The van der Waals surface area contributed by atoms with Crippen LogP contribution in [0.1, 0.15) is 0 Å². The van der Waals surface area contributed by atoms with Crippen molar-refractivity contribution in [3.63, 3.8) is 0 Å². The minimum atomic E-state index is 0.489. The lowest BCUT2D eigenvalue weighted by molar-refractivity contribution is 1.20. The van der Waals surface area contributed by atoms with Crippen molar-refractivity contribution in [2.24, 2.45) is 0 Å². The molecule has 60 valence electrons. The molecule has 0 unspecified atom stereocenters. The number of hydrogen-bond donors (Lipinski definition) is 2. The molecule has 1 aromatic rings. The molecule has 2 nitrogen and oxygen atoms in total. The van der Waals surface area contributed by atoms with Crippen molar-refractivity contribution in [1.29, 1.82) is 0 Å². The highest BCUT2D eigenvalue weighted by molar-refractivity contribution is 6.42. The van der Waals surface area contributed by atoms with E-state index in [2.05, 4.69) is 10.4 Å². The maximum absolute atomic E-state index is 5.71. The van der Waals surface area contributed by atoms with Crippen LogP contribution in [0, 0.1) is 0 Å². The van der Waals surface area contributed by atoms with Crippen LogP contribution >= 0.6 is 35.0 Å². The normalized spacial score (nSPS) is 9.73. The maximum Gasteiger partial charge on any atom is 0.0613 e. The summed E-state index contributed by atoms with van der Waals surface area (Å²) >= 11 is 16.6. The Bertz CT molecular complexity index is 252. The Balaban J connectivity index is 2.86. The largest absolute Gasteiger partial charge is 0.308 e. The van der Waals surface area contributed by atoms with Crippen LogP contribution in [0.3, 0.4) is 0 Å². The van der Waals surface area contributed by atoms with Crippen molar-refractivity contribution in [2.75, 3.05) is 5.43 Å². The molecule has 0 heterocycles. The highest BCUT2D eigenvalue weighted by atomic mass is 35.5. The minimum absolute atomic E-state index is 0.489. The van der Waals surface area contributed by atoms with Crippen molar-refractivity contribution in [3.05, 3.63) is 28.2 Å². The number of hydrazine groups is 1. The second-order valence-corrected chi connectivity index (χ2v) is 2.85. The highest BCUT2D eigenvalue weighted by Crippen LogP contribution is 2.24. The van der Waals surface area contributed by atoms with Gasteiger partial charge in [0.15, 0.2) is 0 Å². The van der Waals surface area contributed by atoms with Crippen LogP contribution in [-0.2, 0) is 0 Å². The van der Waals surface area contributed by atoms with Gasteiger partial charge in [0.05, 0.1) is 15.7 Å². The van der Waals surface area contributed by atoms with Gasteiger partial charge in [-0.3, -0.25) is 0 Å². The predicted molar refractivity (Wildman–Crippen MR) is 49.1 cm³/mol. The van der Waals surface area contributed by atoms with Crippen molar-refractivity contribution >= 4 is 40.7 Å². The first-order chi connectivity index (χ1) is 5.24. The third-order valence-electron chi connectivity index (χ3n) is 1.11. The molecule has 1 rings (SSSR count). The molecule has 0 atom stereocenters. The van der Waals surface area contributed by atoms with Crippen LogP contribution in [0.5, 0.6) is 0 Å². The van der Waals surface area contributed by atoms with E-state index in [-0.39, 0.29) is 0 Å². The number of nitrogens with one attached hydrogen (secondary N) is 2. The molecular formula is C6H5Cl3N2. The first-order valence-electron chi connectivity index (χ1n) is 2.80. The molecule has 1 aromatic carbocycles. The minimum Gasteiger partial charge on any atom is -0.308 e.